The van der Waals surface area contributed by atoms with Crippen LogP contribution < -0.4 is 0 Å². The van der Waals surface area contributed by atoms with Gasteiger partial charge in [-0.05, 0) is 24.1 Å². The SMILES string of the molecule is CCOC(=O)c1sc2cccc(CN=[N+]=[N-])c2c1Cl. The zero-order chi connectivity index (χ0) is 13.8. The third-order valence-corrected chi connectivity index (χ3v) is 4.13. The van der Waals surface area contributed by atoms with Gasteiger partial charge in [-0.3, -0.25) is 0 Å². The van der Waals surface area contributed by atoms with Crippen LogP contribution in [0, 0.1) is 0 Å². The predicted octanol–water partition coefficient (Wildman–Crippen LogP) is 4.54. The van der Waals surface area contributed by atoms with Gasteiger partial charge in [0.2, 0.25) is 0 Å². The Morgan fingerprint density at radius 1 is 1.58 bits per heavy atom. The fourth-order valence-electron chi connectivity index (χ4n) is 1.75. The molecule has 1 heterocycles. The summed E-state index contributed by atoms with van der Waals surface area (Å²) in [5.41, 5.74) is 9.18. The van der Waals surface area contributed by atoms with Gasteiger partial charge in [-0.2, -0.15) is 0 Å². The number of esters is 1. The quantitative estimate of drug-likeness (QED) is 0.359. The van der Waals surface area contributed by atoms with Crippen LogP contribution in [0.5, 0.6) is 0 Å². The molecule has 1 aromatic heterocycles. The van der Waals surface area contributed by atoms with Crippen LogP contribution in [0.15, 0.2) is 23.3 Å². The predicted molar refractivity (Wildman–Crippen MR) is 75.6 cm³/mol. The summed E-state index contributed by atoms with van der Waals surface area (Å²) in [5, 5.41) is 4.65. The van der Waals surface area contributed by atoms with Crippen molar-refractivity contribution in [1.82, 2.24) is 0 Å². The second-order valence-corrected chi connectivity index (χ2v) is 5.08. The molecular weight excluding hydrogens is 286 g/mol. The molecule has 2 rings (SSSR count). The summed E-state index contributed by atoms with van der Waals surface area (Å²) in [6.45, 7) is 2.24. The van der Waals surface area contributed by atoms with Crippen molar-refractivity contribution in [1.29, 1.82) is 0 Å². The summed E-state index contributed by atoms with van der Waals surface area (Å²) in [4.78, 5) is 14.9. The molecule has 19 heavy (non-hydrogen) atoms. The standard InChI is InChI=1S/C12H10ClN3O2S/c1-2-18-12(17)11-10(13)9-7(6-15-16-14)4-3-5-8(9)19-11/h3-5H,2,6H2,1H3. The topological polar surface area (TPSA) is 75.1 Å². The first-order valence-electron chi connectivity index (χ1n) is 5.57. The van der Waals surface area contributed by atoms with Crippen LogP contribution in [0.25, 0.3) is 20.5 Å². The van der Waals surface area contributed by atoms with Gasteiger partial charge < -0.3 is 4.74 Å². The van der Waals surface area contributed by atoms with Gasteiger partial charge >= 0.3 is 5.97 Å². The van der Waals surface area contributed by atoms with Gasteiger partial charge in [0, 0.05) is 15.0 Å². The molecule has 2 aromatic rings. The molecule has 0 radical (unpaired) electrons. The first-order valence-corrected chi connectivity index (χ1v) is 6.76. The number of fused-ring (bicyclic) bond motifs is 1. The van der Waals surface area contributed by atoms with E-state index in [2.05, 4.69) is 10.0 Å². The summed E-state index contributed by atoms with van der Waals surface area (Å²) in [5.74, 6) is -0.427. The molecule has 0 amide bonds. The molecule has 5 nitrogen and oxygen atoms in total. The second kappa shape index (κ2) is 5.93. The fourth-order valence-corrected chi connectivity index (χ4v) is 3.25. The van der Waals surface area contributed by atoms with Crippen molar-refractivity contribution in [3.05, 3.63) is 44.1 Å². The van der Waals surface area contributed by atoms with Gasteiger partial charge in [-0.1, -0.05) is 28.8 Å². The monoisotopic (exact) mass is 295 g/mol. The molecule has 7 heteroatoms. The maximum absolute atomic E-state index is 11.8. The van der Waals surface area contributed by atoms with Crippen molar-refractivity contribution < 1.29 is 9.53 Å². The Hall–Kier alpha value is -1.75. The molecule has 0 spiro atoms. The van der Waals surface area contributed by atoms with Crippen LogP contribution in [0.4, 0.5) is 0 Å². The Morgan fingerprint density at radius 3 is 3.05 bits per heavy atom. The van der Waals surface area contributed by atoms with E-state index < -0.39 is 5.97 Å². The number of benzene rings is 1. The number of carbonyl (C=O) groups excluding carboxylic acids is 1. The van der Waals surface area contributed by atoms with E-state index in [9.17, 15) is 4.79 Å². The van der Waals surface area contributed by atoms with Crippen LogP contribution in [0.2, 0.25) is 5.02 Å². The maximum atomic E-state index is 11.8. The smallest absolute Gasteiger partial charge is 0.349 e. The molecule has 0 N–H and O–H groups in total. The van der Waals surface area contributed by atoms with Crippen LogP contribution in [0.3, 0.4) is 0 Å². The number of ether oxygens (including phenoxy) is 1. The summed E-state index contributed by atoms with van der Waals surface area (Å²) in [6, 6.07) is 5.53. The van der Waals surface area contributed by atoms with Crippen molar-refractivity contribution in [2.45, 2.75) is 13.5 Å². The lowest BCUT2D eigenvalue weighted by Gasteiger charge is -2.00. The molecule has 0 fully saturated rings. The highest BCUT2D eigenvalue weighted by atomic mass is 35.5. The van der Waals surface area contributed by atoms with Crippen LogP contribution in [-0.2, 0) is 11.3 Å². The zero-order valence-electron chi connectivity index (χ0n) is 10.1. The van der Waals surface area contributed by atoms with E-state index in [-0.39, 0.29) is 6.54 Å². The summed E-state index contributed by atoms with van der Waals surface area (Å²) < 4.78 is 5.84. The van der Waals surface area contributed by atoms with E-state index in [0.29, 0.717) is 16.5 Å². The molecule has 0 aliphatic heterocycles. The van der Waals surface area contributed by atoms with Gasteiger partial charge in [0.05, 0.1) is 18.2 Å². The Bertz CT molecular complexity index is 677. The van der Waals surface area contributed by atoms with Crippen LogP contribution in [0.1, 0.15) is 22.2 Å². The number of rotatable bonds is 4. The molecule has 98 valence electrons. The molecule has 0 unspecified atom stereocenters. The molecule has 0 saturated carbocycles. The number of thiophene rings is 1. The number of azide groups is 1. The van der Waals surface area contributed by atoms with E-state index in [0.717, 1.165) is 15.6 Å². The molecule has 0 bridgehead atoms. The average molecular weight is 296 g/mol. The first-order chi connectivity index (χ1) is 9.19. The number of nitrogens with zero attached hydrogens (tertiary/aromatic N) is 3. The summed E-state index contributed by atoms with van der Waals surface area (Å²) >= 11 is 7.52. The minimum Gasteiger partial charge on any atom is -0.462 e. The highest BCUT2D eigenvalue weighted by Crippen LogP contribution is 2.38. The number of carbonyl (C=O) groups is 1. The summed E-state index contributed by atoms with van der Waals surface area (Å²) in [6.07, 6.45) is 0. The lowest BCUT2D eigenvalue weighted by molar-refractivity contribution is 0.0532. The fraction of sp³-hybridized carbons (Fsp3) is 0.250. The van der Waals surface area contributed by atoms with Crippen molar-refractivity contribution in [2.24, 2.45) is 5.11 Å². The number of hydrogen-bond acceptors (Lipinski definition) is 4. The van der Waals surface area contributed by atoms with E-state index in [1.54, 1.807) is 6.92 Å². The molecule has 0 aliphatic rings. The first kappa shape index (κ1) is 13.7. The van der Waals surface area contributed by atoms with Gasteiger partial charge in [0.15, 0.2) is 0 Å². The average Bonchev–Trinajstić information content (AvgIpc) is 2.75. The van der Waals surface area contributed by atoms with Gasteiger partial charge in [0.1, 0.15) is 4.88 Å². The highest BCUT2D eigenvalue weighted by Gasteiger charge is 2.19. The van der Waals surface area contributed by atoms with Crippen LogP contribution in [-0.4, -0.2) is 12.6 Å². The highest BCUT2D eigenvalue weighted by molar-refractivity contribution is 7.21. The van der Waals surface area contributed by atoms with E-state index >= 15 is 0 Å². The van der Waals surface area contributed by atoms with E-state index in [4.69, 9.17) is 21.9 Å². The second-order valence-electron chi connectivity index (χ2n) is 3.64. The minimum absolute atomic E-state index is 0.201. The Balaban J connectivity index is 2.56. The Labute approximate surface area is 118 Å². The number of halogens is 1. The Kier molecular flexibility index (Phi) is 4.27. The van der Waals surface area contributed by atoms with E-state index in [1.807, 2.05) is 18.2 Å². The normalized spacial score (nSPS) is 10.2. The Morgan fingerprint density at radius 2 is 2.37 bits per heavy atom. The molecule has 0 aliphatic carbocycles. The molecule has 0 saturated heterocycles. The van der Waals surface area contributed by atoms with E-state index in [1.165, 1.54) is 11.3 Å². The lowest BCUT2D eigenvalue weighted by Crippen LogP contribution is -2.02. The van der Waals surface area contributed by atoms with Crippen molar-refractivity contribution in [3.63, 3.8) is 0 Å². The minimum atomic E-state index is -0.427. The molecule has 1 aromatic carbocycles. The van der Waals surface area contributed by atoms with Gasteiger partial charge in [0.25, 0.3) is 0 Å². The summed E-state index contributed by atoms with van der Waals surface area (Å²) in [7, 11) is 0. The van der Waals surface area contributed by atoms with Gasteiger partial charge in [-0.15, -0.1) is 11.3 Å². The third-order valence-electron chi connectivity index (χ3n) is 2.51. The molecular formula is C12H10ClN3O2S. The largest absolute Gasteiger partial charge is 0.462 e. The zero-order valence-corrected chi connectivity index (χ0v) is 11.7. The van der Waals surface area contributed by atoms with Crippen molar-refractivity contribution >= 4 is 39.0 Å². The van der Waals surface area contributed by atoms with Gasteiger partial charge in [-0.25, -0.2) is 4.79 Å². The van der Waals surface area contributed by atoms with Crippen molar-refractivity contribution in [3.8, 4) is 0 Å². The maximum Gasteiger partial charge on any atom is 0.349 e. The van der Waals surface area contributed by atoms with Crippen LogP contribution >= 0.6 is 22.9 Å². The molecule has 0 atom stereocenters. The third kappa shape index (κ3) is 2.66. The van der Waals surface area contributed by atoms with Crippen molar-refractivity contribution in [2.75, 3.05) is 6.61 Å². The lowest BCUT2D eigenvalue weighted by atomic mass is 10.1. The number of hydrogen-bond donors (Lipinski definition) is 0.